The van der Waals surface area contributed by atoms with E-state index in [0.717, 1.165) is 6.04 Å². The van der Waals surface area contributed by atoms with Gasteiger partial charge < -0.3 is 17.9 Å². The predicted molar refractivity (Wildman–Crippen MR) is 99.5 cm³/mol. The smallest absolute Gasteiger partial charge is 0.129 e. The first-order chi connectivity index (χ1) is 11.4. The van der Waals surface area contributed by atoms with Crippen molar-refractivity contribution in [1.82, 2.24) is 0 Å². The lowest BCUT2D eigenvalue weighted by molar-refractivity contribution is -1.09. The van der Waals surface area contributed by atoms with E-state index in [1.54, 1.807) is 0 Å². The first-order valence-corrected chi connectivity index (χ1v) is 10.8. The number of hydrogen-bond acceptors (Lipinski definition) is 0. The van der Waals surface area contributed by atoms with Crippen LogP contribution < -0.4 is 0 Å². The first-order valence-electron chi connectivity index (χ1n) is 10.8. The number of rotatable bonds is 6. The van der Waals surface area contributed by atoms with Gasteiger partial charge in [-0.15, -0.1) is 0 Å². The van der Waals surface area contributed by atoms with Crippen LogP contribution in [0.25, 0.3) is 0 Å². The van der Waals surface area contributed by atoms with Gasteiger partial charge in [-0.3, -0.25) is 0 Å². The molecule has 0 amide bonds. The van der Waals surface area contributed by atoms with Crippen LogP contribution >= 0.6 is 0 Å². The van der Waals surface area contributed by atoms with Gasteiger partial charge in [0.25, 0.3) is 0 Å². The fraction of sp³-hybridized carbons (Fsp3) is 1.00. The molecule has 24 heavy (non-hydrogen) atoms. The molecule has 6 heterocycles. The Morgan fingerprint density at radius 2 is 0.958 bits per heavy atom. The molecule has 6 rings (SSSR count). The molecule has 0 aromatic rings. The van der Waals surface area contributed by atoms with Crippen molar-refractivity contribution in [2.45, 2.75) is 32.7 Å². The number of quaternary nitrogens is 4. The summed E-state index contributed by atoms with van der Waals surface area (Å²) in [6, 6.07) is 0.839. The van der Waals surface area contributed by atoms with E-state index >= 15 is 0 Å². The van der Waals surface area contributed by atoms with Crippen molar-refractivity contribution < 1.29 is 17.9 Å². The molecule has 4 heteroatoms. The van der Waals surface area contributed by atoms with E-state index in [1.807, 2.05) is 0 Å². The first kappa shape index (κ1) is 17.3. The molecular formula is C20H42N4+4. The Kier molecular flexibility index (Phi) is 4.27. The highest BCUT2D eigenvalue weighted by Gasteiger charge is 2.50. The van der Waals surface area contributed by atoms with E-state index in [9.17, 15) is 0 Å². The van der Waals surface area contributed by atoms with Crippen LogP contribution in [0.2, 0.25) is 0 Å². The predicted octanol–water partition coefficient (Wildman–Crippen LogP) is 1.13. The fourth-order valence-corrected chi connectivity index (χ4v) is 6.28. The zero-order valence-electron chi connectivity index (χ0n) is 16.7. The van der Waals surface area contributed by atoms with Crippen LogP contribution in [0.15, 0.2) is 0 Å². The molecule has 0 aliphatic carbocycles. The van der Waals surface area contributed by atoms with Crippen molar-refractivity contribution in [1.29, 1.82) is 0 Å². The number of likely N-dealkylation sites (N-methyl/N-ethyl adjacent to an activating group) is 1. The molecule has 0 atom stereocenters. The molecule has 4 bridgehead atoms. The minimum atomic E-state index is 0.839. The minimum absolute atomic E-state index is 0.839. The Labute approximate surface area is 150 Å². The molecule has 6 aliphatic heterocycles. The van der Waals surface area contributed by atoms with Crippen molar-refractivity contribution in [2.75, 3.05) is 98.7 Å². The molecule has 0 unspecified atom stereocenters. The van der Waals surface area contributed by atoms with Crippen LogP contribution in [0.5, 0.6) is 0 Å². The van der Waals surface area contributed by atoms with Crippen molar-refractivity contribution in [3.05, 3.63) is 0 Å². The van der Waals surface area contributed by atoms with Gasteiger partial charge in [0.2, 0.25) is 0 Å². The zero-order chi connectivity index (χ0) is 16.9. The van der Waals surface area contributed by atoms with Gasteiger partial charge in [0.15, 0.2) is 0 Å². The van der Waals surface area contributed by atoms with Gasteiger partial charge in [-0.05, 0) is 13.8 Å². The van der Waals surface area contributed by atoms with E-state index in [4.69, 9.17) is 0 Å². The summed E-state index contributed by atoms with van der Waals surface area (Å²) in [5.41, 5.74) is 0. The van der Waals surface area contributed by atoms with Gasteiger partial charge in [-0.1, -0.05) is 0 Å². The highest BCUT2D eigenvalue weighted by molar-refractivity contribution is 4.65. The van der Waals surface area contributed by atoms with E-state index < -0.39 is 0 Å². The van der Waals surface area contributed by atoms with Crippen molar-refractivity contribution in [3.63, 3.8) is 0 Å². The van der Waals surface area contributed by atoms with E-state index in [2.05, 4.69) is 20.9 Å². The summed E-state index contributed by atoms with van der Waals surface area (Å²) >= 11 is 0. The van der Waals surface area contributed by atoms with Gasteiger partial charge in [0.05, 0.1) is 26.2 Å². The van der Waals surface area contributed by atoms with Gasteiger partial charge in [0.1, 0.15) is 78.5 Å². The van der Waals surface area contributed by atoms with Crippen LogP contribution in [0, 0.1) is 0 Å². The van der Waals surface area contributed by atoms with Crippen molar-refractivity contribution >= 4 is 0 Å². The monoisotopic (exact) mass is 338 g/mol. The summed E-state index contributed by atoms with van der Waals surface area (Å²) in [4.78, 5) is 0. The van der Waals surface area contributed by atoms with Gasteiger partial charge in [-0.2, -0.15) is 0 Å². The van der Waals surface area contributed by atoms with Crippen LogP contribution in [0.3, 0.4) is 0 Å². The van der Waals surface area contributed by atoms with Crippen LogP contribution in [-0.2, 0) is 0 Å². The number of hydrogen-bond donors (Lipinski definition) is 0. The topological polar surface area (TPSA) is 0 Å². The lowest BCUT2D eigenvalue weighted by Crippen LogP contribution is -2.76. The molecule has 4 nitrogen and oxygen atoms in total. The molecular weight excluding hydrogens is 296 g/mol. The molecule has 0 aromatic carbocycles. The molecule has 0 radical (unpaired) electrons. The van der Waals surface area contributed by atoms with Crippen molar-refractivity contribution in [3.8, 4) is 0 Å². The molecule has 0 saturated carbocycles. The number of fused-ring (bicyclic) bond motifs is 6. The third-order valence-corrected chi connectivity index (χ3v) is 9.01. The molecule has 0 N–H and O–H groups in total. The quantitative estimate of drug-likeness (QED) is 0.503. The van der Waals surface area contributed by atoms with Crippen molar-refractivity contribution in [2.24, 2.45) is 0 Å². The molecule has 6 aliphatic rings. The maximum Gasteiger partial charge on any atom is 0.129 e. The lowest BCUT2D eigenvalue weighted by atomic mass is 10.0. The molecule has 6 fully saturated rings. The second kappa shape index (κ2) is 5.94. The average Bonchev–Trinajstić information content (AvgIpc) is 2.62. The van der Waals surface area contributed by atoms with Crippen LogP contribution in [0.4, 0.5) is 0 Å². The zero-order valence-corrected chi connectivity index (χ0v) is 16.7. The highest BCUT2D eigenvalue weighted by atomic mass is 15.5. The lowest BCUT2D eigenvalue weighted by Gasteiger charge is -2.57. The van der Waals surface area contributed by atoms with Crippen LogP contribution in [-0.4, -0.2) is 123 Å². The summed E-state index contributed by atoms with van der Waals surface area (Å²) in [7, 11) is 2.48. The van der Waals surface area contributed by atoms with E-state index in [1.165, 1.54) is 122 Å². The Hall–Kier alpha value is -0.160. The summed E-state index contributed by atoms with van der Waals surface area (Å²) in [6.07, 6.45) is 2.96. The molecule has 0 spiro atoms. The second-order valence-electron chi connectivity index (χ2n) is 10.5. The summed E-state index contributed by atoms with van der Waals surface area (Å²) in [5, 5.41) is 0. The number of nitrogens with zero attached hydrogens (tertiary/aromatic N) is 4. The summed E-state index contributed by atoms with van der Waals surface area (Å²) in [6.45, 7) is 25.3. The third-order valence-electron chi connectivity index (χ3n) is 9.01. The van der Waals surface area contributed by atoms with Gasteiger partial charge >= 0.3 is 0 Å². The van der Waals surface area contributed by atoms with E-state index in [0.29, 0.717) is 0 Å². The normalized spacial score (nSPS) is 47.5. The summed E-state index contributed by atoms with van der Waals surface area (Å²) < 4.78 is 5.75. The van der Waals surface area contributed by atoms with Gasteiger partial charge in [-0.25, -0.2) is 0 Å². The Balaban J connectivity index is 1.23. The van der Waals surface area contributed by atoms with Gasteiger partial charge in [0, 0.05) is 12.8 Å². The largest absolute Gasteiger partial charge is 0.312 e. The average molecular weight is 339 g/mol. The molecule has 138 valence electrons. The minimum Gasteiger partial charge on any atom is -0.312 e. The Morgan fingerprint density at radius 1 is 0.583 bits per heavy atom. The maximum atomic E-state index is 2.48. The number of unbranched alkanes of at least 4 members (excludes halogenated alkanes) is 1. The Bertz CT molecular complexity index is 423. The maximum absolute atomic E-state index is 2.48. The summed E-state index contributed by atoms with van der Waals surface area (Å²) in [5.74, 6) is 0. The van der Waals surface area contributed by atoms with Crippen LogP contribution in [0.1, 0.15) is 26.7 Å². The standard InChI is InChI=1S/C20H42N4/c1-20(2)24-17-14-23(15-18-24,16-19-24)7-5-4-6-22-11-8-21(3,9-12-22)10-13-22/h20H,4-19H2,1-3H3/q+4. The van der Waals surface area contributed by atoms with E-state index in [-0.39, 0.29) is 0 Å². The Morgan fingerprint density at radius 3 is 1.33 bits per heavy atom. The number of piperazine rings is 6. The fourth-order valence-electron chi connectivity index (χ4n) is 6.28. The molecule has 0 aromatic heterocycles. The highest BCUT2D eigenvalue weighted by Crippen LogP contribution is 2.30. The second-order valence-corrected chi connectivity index (χ2v) is 10.5. The SMILES string of the molecule is CC(C)[N+]12CC[N+](CCCC[N+]34CC[N+](C)(CC3)CC4)(CC1)CC2. The third kappa shape index (κ3) is 2.94. The molecule has 6 saturated heterocycles.